The van der Waals surface area contributed by atoms with Gasteiger partial charge in [0.1, 0.15) is 11.7 Å². The van der Waals surface area contributed by atoms with E-state index < -0.39 is 6.04 Å². The van der Waals surface area contributed by atoms with Gasteiger partial charge in [0.2, 0.25) is 0 Å². The highest BCUT2D eigenvalue weighted by atomic mass is 16.1. The second-order valence-corrected chi connectivity index (χ2v) is 5.70. The second-order valence-electron chi connectivity index (χ2n) is 5.70. The molecule has 1 rings (SSSR count). The zero-order chi connectivity index (χ0) is 14.6. The van der Waals surface area contributed by atoms with Gasteiger partial charge in [0.05, 0.1) is 6.07 Å². The first-order valence-electron chi connectivity index (χ1n) is 6.09. The quantitative estimate of drug-likeness (QED) is 0.900. The van der Waals surface area contributed by atoms with Crippen LogP contribution in [-0.4, -0.2) is 31.0 Å². The van der Waals surface area contributed by atoms with Gasteiger partial charge in [-0.05, 0) is 17.5 Å². The lowest BCUT2D eigenvalue weighted by Gasteiger charge is -2.25. The Morgan fingerprint density at radius 1 is 1.47 bits per heavy atom. The molecule has 0 fully saturated rings. The van der Waals surface area contributed by atoms with E-state index in [0.29, 0.717) is 5.69 Å². The Balaban J connectivity index is 2.90. The Morgan fingerprint density at radius 2 is 2.11 bits per heavy atom. The van der Waals surface area contributed by atoms with Crippen molar-refractivity contribution in [1.29, 1.82) is 5.26 Å². The number of nitriles is 1. The van der Waals surface area contributed by atoms with E-state index in [1.165, 1.54) is 0 Å². The smallest absolute Gasteiger partial charge is 0.271 e. The predicted molar refractivity (Wildman–Crippen MR) is 74.9 cm³/mol. The molecule has 0 spiro atoms. The molecule has 0 aliphatic carbocycles. The van der Waals surface area contributed by atoms with Crippen molar-refractivity contribution in [2.24, 2.45) is 5.41 Å². The van der Waals surface area contributed by atoms with Crippen molar-refractivity contribution >= 4 is 11.6 Å². The van der Waals surface area contributed by atoms with Gasteiger partial charge in [-0.15, -0.1) is 0 Å². The van der Waals surface area contributed by atoms with Gasteiger partial charge in [-0.1, -0.05) is 20.8 Å². The molecule has 0 radical (unpaired) electrons. The molecule has 0 aliphatic rings. The maximum Gasteiger partial charge on any atom is 0.271 e. The molecule has 1 aromatic heterocycles. The van der Waals surface area contributed by atoms with Crippen LogP contribution in [0.3, 0.4) is 0 Å². The molecule has 0 saturated carbocycles. The minimum absolute atomic E-state index is 0.315. The van der Waals surface area contributed by atoms with Gasteiger partial charge in [-0.25, -0.2) is 0 Å². The molecule has 1 aromatic rings. The Labute approximate surface area is 114 Å². The van der Waals surface area contributed by atoms with E-state index in [2.05, 4.69) is 16.4 Å². The van der Waals surface area contributed by atoms with Crippen LogP contribution < -0.4 is 10.2 Å². The third-order valence-electron chi connectivity index (χ3n) is 2.76. The summed E-state index contributed by atoms with van der Waals surface area (Å²) in [6.07, 6.45) is 1.59. The Morgan fingerprint density at radius 3 is 2.58 bits per heavy atom. The molecule has 0 aliphatic heterocycles. The van der Waals surface area contributed by atoms with Crippen LogP contribution in [0.15, 0.2) is 18.3 Å². The lowest BCUT2D eigenvalue weighted by atomic mass is 9.87. The molecular formula is C14H20N4O. The standard InChI is InChI=1S/C14H20N4O/c1-14(2,3)12(9-15)17-13(19)11-8-10(18(4)5)6-7-16-11/h6-8,12H,1-5H3,(H,17,19)/t12-/m1/s1. The molecular weight excluding hydrogens is 240 g/mol. The van der Waals surface area contributed by atoms with Crippen LogP contribution in [-0.2, 0) is 0 Å². The number of amides is 1. The first-order chi connectivity index (χ1) is 8.75. The number of carbonyl (C=O) groups excluding carboxylic acids is 1. The fourth-order valence-corrected chi connectivity index (χ4v) is 1.47. The van der Waals surface area contributed by atoms with Crippen LogP contribution in [0, 0.1) is 16.7 Å². The number of carbonyl (C=O) groups is 1. The summed E-state index contributed by atoms with van der Waals surface area (Å²) in [4.78, 5) is 18.0. The molecule has 1 atom stereocenters. The van der Waals surface area contributed by atoms with Gasteiger partial charge in [0.15, 0.2) is 0 Å². The highest BCUT2D eigenvalue weighted by Crippen LogP contribution is 2.19. The van der Waals surface area contributed by atoms with Gasteiger partial charge in [0.25, 0.3) is 5.91 Å². The highest BCUT2D eigenvalue weighted by Gasteiger charge is 2.26. The van der Waals surface area contributed by atoms with E-state index in [4.69, 9.17) is 5.26 Å². The van der Waals surface area contributed by atoms with Gasteiger partial charge >= 0.3 is 0 Å². The maximum atomic E-state index is 12.1. The number of rotatable bonds is 3. The summed E-state index contributed by atoms with van der Waals surface area (Å²) >= 11 is 0. The SMILES string of the molecule is CN(C)c1ccnc(C(=O)N[C@H](C#N)C(C)(C)C)c1. The molecule has 102 valence electrons. The van der Waals surface area contributed by atoms with E-state index in [0.717, 1.165) is 5.69 Å². The molecule has 5 nitrogen and oxygen atoms in total. The van der Waals surface area contributed by atoms with E-state index >= 15 is 0 Å². The van der Waals surface area contributed by atoms with Crippen molar-refractivity contribution < 1.29 is 4.79 Å². The third kappa shape index (κ3) is 3.95. The number of anilines is 1. The summed E-state index contributed by atoms with van der Waals surface area (Å²) in [7, 11) is 3.79. The lowest BCUT2D eigenvalue weighted by Crippen LogP contribution is -2.42. The minimum atomic E-state index is -0.551. The van der Waals surface area contributed by atoms with Crippen LogP contribution in [0.2, 0.25) is 0 Å². The molecule has 0 aromatic carbocycles. The summed E-state index contributed by atoms with van der Waals surface area (Å²) in [5, 5.41) is 11.8. The molecule has 1 N–H and O–H groups in total. The molecule has 0 bridgehead atoms. The van der Waals surface area contributed by atoms with Gasteiger partial charge in [0, 0.05) is 26.0 Å². The fraction of sp³-hybridized carbons (Fsp3) is 0.500. The number of nitrogens with zero attached hydrogens (tertiary/aromatic N) is 3. The molecule has 5 heteroatoms. The van der Waals surface area contributed by atoms with E-state index in [-0.39, 0.29) is 11.3 Å². The summed E-state index contributed by atoms with van der Waals surface area (Å²) < 4.78 is 0. The fourth-order valence-electron chi connectivity index (χ4n) is 1.47. The van der Waals surface area contributed by atoms with E-state index in [9.17, 15) is 4.79 Å². The number of aromatic nitrogens is 1. The van der Waals surface area contributed by atoms with Gasteiger partial charge < -0.3 is 10.2 Å². The van der Waals surface area contributed by atoms with Crippen LogP contribution in [0.1, 0.15) is 31.3 Å². The average molecular weight is 260 g/mol. The van der Waals surface area contributed by atoms with Crippen LogP contribution in [0.4, 0.5) is 5.69 Å². The number of hydrogen-bond acceptors (Lipinski definition) is 4. The zero-order valence-corrected chi connectivity index (χ0v) is 12.1. The summed E-state index contributed by atoms with van der Waals surface area (Å²) in [5.41, 5.74) is 0.893. The second kappa shape index (κ2) is 5.70. The van der Waals surface area contributed by atoms with Crippen molar-refractivity contribution in [1.82, 2.24) is 10.3 Å². The first kappa shape index (κ1) is 15.0. The van der Waals surface area contributed by atoms with Crippen LogP contribution >= 0.6 is 0 Å². The normalized spacial score (nSPS) is 12.4. The molecule has 1 amide bonds. The average Bonchev–Trinajstić information content (AvgIpc) is 2.34. The number of hydrogen-bond donors (Lipinski definition) is 1. The Bertz CT molecular complexity index is 497. The van der Waals surface area contributed by atoms with E-state index in [1.54, 1.807) is 12.3 Å². The van der Waals surface area contributed by atoms with Gasteiger partial charge in [-0.3, -0.25) is 9.78 Å². The van der Waals surface area contributed by atoms with Crippen LogP contribution in [0.5, 0.6) is 0 Å². The maximum absolute atomic E-state index is 12.1. The topological polar surface area (TPSA) is 69.0 Å². The predicted octanol–water partition coefficient (Wildman–Crippen LogP) is 1.82. The minimum Gasteiger partial charge on any atom is -0.378 e. The van der Waals surface area contributed by atoms with Crippen molar-refractivity contribution in [2.45, 2.75) is 26.8 Å². The Hall–Kier alpha value is -2.09. The summed E-state index contributed by atoms with van der Waals surface area (Å²) in [5.74, 6) is -0.329. The highest BCUT2D eigenvalue weighted by molar-refractivity contribution is 5.93. The molecule has 1 heterocycles. The number of pyridine rings is 1. The monoisotopic (exact) mass is 260 g/mol. The van der Waals surface area contributed by atoms with Crippen molar-refractivity contribution in [3.63, 3.8) is 0 Å². The van der Waals surface area contributed by atoms with Crippen LogP contribution in [0.25, 0.3) is 0 Å². The Kier molecular flexibility index (Phi) is 4.49. The molecule has 0 saturated heterocycles. The van der Waals surface area contributed by atoms with Crippen molar-refractivity contribution in [2.75, 3.05) is 19.0 Å². The van der Waals surface area contributed by atoms with Crippen molar-refractivity contribution in [3.8, 4) is 6.07 Å². The number of nitrogens with one attached hydrogen (secondary N) is 1. The lowest BCUT2D eigenvalue weighted by molar-refractivity contribution is 0.0917. The van der Waals surface area contributed by atoms with E-state index in [1.807, 2.05) is 45.8 Å². The molecule has 19 heavy (non-hydrogen) atoms. The first-order valence-corrected chi connectivity index (χ1v) is 6.09. The zero-order valence-electron chi connectivity index (χ0n) is 12.1. The third-order valence-corrected chi connectivity index (χ3v) is 2.76. The largest absolute Gasteiger partial charge is 0.378 e. The molecule has 0 unspecified atom stereocenters. The summed E-state index contributed by atoms with van der Waals surface area (Å²) in [6.45, 7) is 5.72. The summed E-state index contributed by atoms with van der Waals surface area (Å²) in [6, 6.07) is 5.08. The van der Waals surface area contributed by atoms with Gasteiger partial charge in [-0.2, -0.15) is 5.26 Å². The van der Waals surface area contributed by atoms with Crippen molar-refractivity contribution in [3.05, 3.63) is 24.0 Å².